The quantitative estimate of drug-likeness (QED) is 0.833. The standard InChI is InChI=1S/C13H17Cl2NO2/c1-8(2)7-18-13(17)9(3)16-12-5-10(14)4-11(15)6-12/h4-6,8-9,16H,7H2,1-3H3/t9-/m0/s1. The van der Waals surface area contributed by atoms with E-state index in [1.807, 2.05) is 13.8 Å². The minimum atomic E-state index is -0.446. The maximum Gasteiger partial charge on any atom is 0.328 e. The number of halogens is 2. The van der Waals surface area contributed by atoms with Crippen LogP contribution in [-0.2, 0) is 9.53 Å². The van der Waals surface area contributed by atoms with Gasteiger partial charge in [-0.2, -0.15) is 0 Å². The first kappa shape index (κ1) is 15.1. The number of rotatable bonds is 5. The molecule has 1 rings (SSSR count). The van der Waals surface area contributed by atoms with E-state index in [1.165, 1.54) is 0 Å². The molecule has 0 spiro atoms. The average Bonchev–Trinajstić information content (AvgIpc) is 2.24. The van der Waals surface area contributed by atoms with E-state index in [0.29, 0.717) is 28.3 Å². The fourth-order valence-corrected chi connectivity index (χ4v) is 1.85. The lowest BCUT2D eigenvalue weighted by Crippen LogP contribution is -2.29. The zero-order chi connectivity index (χ0) is 13.7. The smallest absolute Gasteiger partial charge is 0.328 e. The summed E-state index contributed by atoms with van der Waals surface area (Å²) in [6.07, 6.45) is 0. The normalized spacial score (nSPS) is 12.3. The van der Waals surface area contributed by atoms with Gasteiger partial charge in [-0.05, 0) is 31.0 Å². The van der Waals surface area contributed by atoms with Gasteiger partial charge >= 0.3 is 5.97 Å². The minimum absolute atomic E-state index is 0.292. The van der Waals surface area contributed by atoms with Crippen molar-refractivity contribution in [3.63, 3.8) is 0 Å². The number of hydrogen-bond donors (Lipinski definition) is 1. The Hall–Kier alpha value is -0.930. The van der Waals surface area contributed by atoms with Crippen LogP contribution >= 0.6 is 23.2 Å². The molecule has 0 unspecified atom stereocenters. The second-order valence-electron chi connectivity index (χ2n) is 4.55. The summed E-state index contributed by atoms with van der Waals surface area (Å²) < 4.78 is 5.13. The van der Waals surface area contributed by atoms with Gasteiger partial charge in [-0.1, -0.05) is 37.0 Å². The molecule has 0 amide bonds. The topological polar surface area (TPSA) is 38.3 Å². The van der Waals surface area contributed by atoms with E-state index in [2.05, 4.69) is 5.32 Å². The molecule has 0 aliphatic heterocycles. The fourth-order valence-electron chi connectivity index (χ4n) is 1.32. The Labute approximate surface area is 117 Å². The second kappa shape index (κ2) is 6.86. The molecule has 1 atom stereocenters. The van der Waals surface area contributed by atoms with Crippen molar-refractivity contribution in [3.05, 3.63) is 28.2 Å². The summed E-state index contributed by atoms with van der Waals surface area (Å²) in [5, 5.41) is 4.05. The molecule has 0 heterocycles. The van der Waals surface area contributed by atoms with E-state index < -0.39 is 6.04 Å². The van der Waals surface area contributed by atoms with Gasteiger partial charge in [-0.3, -0.25) is 0 Å². The third-order valence-corrected chi connectivity index (χ3v) is 2.59. The average molecular weight is 290 g/mol. The Morgan fingerprint density at radius 2 is 1.78 bits per heavy atom. The van der Waals surface area contributed by atoms with E-state index >= 15 is 0 Å². The lowest BCUT2D eigenvalue weighted by Gasteiger charge is -2.15. The first-order valence-electron chi connectivity index (χ1n) is 5.77. The highest BCUT2D eigenvalue weighted by molar-refractivity contribution is 6.35. The molecule has 1 aromatic rings. The highest BCUT2D eigenvalue weighted by Crippen LogP contribution is 2.23. The lowest BCUT2D eigenvalue weighted by atomic mass is 10.2. The van der Waals surface area contributed by atoms with Gasteiger partial charge in [0.15, 0.2) is 0 Å². The Kier molecular flexibility index (Phi) is 5.76. The van der Waals surface area contributed by atoms with Gasteiger partial charge in [0.2, 0.25) is 0 Å². The number of carbonyl (C=O) groups excluding carboxylic acids is 1. The monoisotopic (exact) mass is 289 g/mol. The summed E-state index contributed by atoms with van der Waals surface area (Å²) in [4.78, 5) is 11.7. The van der Waals surface area contributed by atoms with Crippen LogP contribution in [0, 0.1) is 5.92 Å². The van der Waals surface area contributed by atoms with Crippen LogP contribution in [0.4, 0.5) is 5.69 Å². The molecule has 0 fully saturated rings. The molecular formula is C13H17Cl2NO2. The van der Waals surface area contributed by atoms with E-state index in [9.17, 15) is 4.79 Å². The summed E-state index contributed by atoms with van der Waals surface area (Å²) in [5.74, 6) is 0.0292. The van der Waals surface area contributed by atoms with E-state index in [4.69, 9.17) is 27.9 Å². The second-order valence-corrected chi connectivity index (χ2v) is 5.42. The molecule has 0 bridgehead atoms. The largest absolute Gasteiger partial charge is 0.464 e. The Morgan fingerprint density at radius 3 is 2.28 bits per heavy atom. The van der Waals surface area contributed by atoms with Crippen LogP contribution in [0.1, 0.15) is 20.8 Å². The third-order valence-electron chi connectivity index (χ3n) is 2.16. The highest BCUT2D eigenvalue weighted by atomic mass is 35.5. The van der Waals surface area contributed by atoms with Crippen molar-refractivity contribution in [2.24, 2.45) is 5.92 Å². The van der Waals surface area contributed by atoms with Crippen molar-refractivity contribution in [2.45, 2.75) is 26.8 Å². The van der Waals surface area contributed by atoms with Crippen LogP contribution in [0.25, 0.3) is 0 Å². The zero-order valence-corrected chi connectivity index (χ0v) is 12.2. The van der Waals surface area contributed by atoms with Crippen molar-refractivity contribution in [1.29, 1.82) is 0 Å². The first-order chi connectivity index (χ1) is 8.38. The van der Waals surface area contributed by atoms with E-state index in [-0.39, 0.29) is 5.97 Å². The maximum atomic E-state index is 11.7. The molecule has 3 nitrogen and oxygen atoms in total. The third kappa shape index (κ3) is 5.15. The molecule has 0 aromatic heterocycles. The summed E-state index contributed by atoms with van der Waals surface area (Å²) in [6, 6.07) is 4.60. The molecule has 100 valence electrons. The zero-order valence-electron chi connectivity index (χ0n) is 10.7. The van der Waals surface area contributed by atoms with Crippen molar-refractivity contribution in [2.75, 3.05) is 11.9 Å². The number of benzene rings is 1. The van der Waals surface area contributed by atoms with Gasteiger partial charge in [0.05, 0.1) is 6.61 Å². The summed E-state index contributed by atoms with van der Waals surface area (Å²) in [5.41, 5.74) is 0.696. The predicted octanol–water partition coefficient (Wildman–Crippen LogP) is 3.99. The number of ether oxygens (including phenoxy) is 1. The van der Waals surface area contributed by atoms with Gasteiger partial charge < -0.3 is 10.1 Å². The van der Waals surface area contributed by atoms with Crippen LogP contribution in [0.2, 0.25) is 10.0 Å². The van der Waals surface area contributed by atoms with Crippen molar-refractivity contribution in [3.8, 4) is 0 Å². The summed E-state index contributed by atoms with van der Waals surface area (Å²) >= 11 is 11.8. The number of anilines is 1. The molecule has 0 saturated carbocycles. The SMILES string of the molecule is CC(C)COC(=O)[C@H](C)Nc1cc(Cl)cc(Cl)c1. The fraction of sp³-hybridized carbons (Fsp3) is 0.462. The lowest BCUT2D eigenvalue weighted by molar-refractivity contribution is -0.145. The van der Waals surface area contributed by atoms with Gasteiger partial charge in [0.25, 0.3) is 0 Å². The van der Waals surface area contributed by atoms with Gasteiger partial charge in [-0.15, -0.1) is 0 Å². The molecule has 1 aromatic carbocycles. The molecule has 18 heavy (non-hydrogen) atoms. The van der Waals surface area contributed by atoms with Crippen molar-refractivity contribution in [1.82, 2.24) is 0 Å². The van der Waals surface area contributed by atoms with Crippen molar-refractivity contribution >= 4 is 34.9 Å². The maximum absolute atomic E-state index is 11.7. The number of hydrogen-bond acceptors (Lipinski definition) is 3. The Morgan fingerprint density at radius 1 is 1.22 bits per heavy atom. The van der Waals surface area contributed by atoms with E-state index in [1.54, 1.807) is 25.1 Å². The molecular weight excluding hydrogens is 273 g/mol. The van der Waals surface area contributed by atoms with Gasteiger partial charge in [0, 0.05) is 15.7 Å². The van der Waals surface area contributed by atoms with Crippen LogP contribution in [0.15, 0.2) is 18.2 Å². The summed E-state index contributed by atoms with van der Waals surface area (Å²) in [7, 11) is 0. The van der Waals surface area contributed by atoms with Crippen LogP contribution in [0.3, 0.4) is 0 Å². The Balaban J connectivity index is 2.58. The van der Waals surface area contributed by atoms with Crippen LogP contribution in [-0.4, -0.2) is 18.6 Å². The predicted molar refractivity (Wildman–Crippen MR) is 75.3 cm³/mol. The number of esters is 1. The van der Waals surface area contributed by atoms with Crippen LogP contribution < -0.4 is 5.32 Å². The molecule has 0 aliphatic carbocycles. The number of nitrogens with one attached hydrogen (secondary N) is 1. The van der Waals surface area contributed by atoms with E-state index in [0.717, 1.165) is 0 Å². The molecule has 1 N–H and O–H groups in total. The van der Waals surface area contributed by atoms with Gasteiger partial charge in [0.1, 0.15) is 6.04 Å². The van der Waals surface area contributed by atoms with Crippen LogP contribution in [0.5, 0.6) is 0 Å². The number of carbonyl (C=O) groups is 1. The summed E-state index contributed by atoms with van der Waals surface area (Å²) in [6.45, 7) is 6.13. The minimum Gasteiger partial charge on any atom is -0.464 e. The first-order valence-corrected chi connectivity index (χ1v) is 6.53. The Bertz CT molecular complexity index is 401. The molecule has 0 radical (unpaired) electrons. The van der Waals surface area contributed by atoms with Crippen molar-refractivity contribution < 1.29 is 9.53 Å². The molecule has 0 saturated heterocycles. The highest BCUT2D eigenvalue weighted by Gasteiger charge is 2.15. The molecule has 0 aliphatic rings. The van der Waals surface area contributed by atoms with Gasteiger partial charge in [-0.25, -0.2) is 4.79 Å². The molecule has 5 heteroatoms.